The normalized spacial score (nSPS) is 11.7. The minimum absolute atomic E-state index is 0. The molecule has 0 atom stereocenters. The summed E-state index contributed by atoms with van der Waals surface area (Å²) in [6, 6.07) is 19.9. The Morgan fingerprint density at radius 1 is 0.836 bits per heavy atom. The number of aryl methyl sites for hydroxylation is 1. The molecule has 0 spiro atoms. The van der Waals surface area contributed by atoms with E-state index in [1.807, 2.05) is 0 Å². The second-order valence-electron chi connectivity index (χ2n) is 12.3. The van der Waals surface area contributed by atoms with Crippen LogP contribution in [0.25, 0.3) is 16.5 Å². The third-order valence-corrected chi connectivity index (χ3v) is 11.3. The summed E-state index contributed by atoms with van der Waals surface area (Å²) in [5, 5.41) is 66.3. The van der Waals surface area contributed by atoms with E-state index in [0.717, 1.165) is 29.1 Å². The zero-order valence-corrected chi connectivity index (χ0v) is 37.9. The molecule has 0 saturated carbocycles. The maximum Gasteiger partial charge on any atom is 1.00 e. The molecular weight excluding hydrogens is 910 g/mol. The molecule has 1 heterocycles. The van der Waals surface area contributed by atoms with Crippen LogP contribution in [-0.2, 0) is 47.2 Å². The number of nitro benzene ring substituents is 1. The predicted octanol–water partition coefficient (Wildman–Crippen LogP) is 2.77. The Morgan fingerprint density at radius 2 is 1.46 bits per heavy atom. The van der Waals surface area contributed by atoms with E-state index in [9.17, 15) is 55.5 Å². The fraction of sp³-hybridized carbons (Fsp3) is 0.114. The number of anilines is 1. The summed E-state index contributed by atoms with van der Waals surface area (Å²) >= 11 is 0. The van der Waals surface area contributed by atoms with Crippen molar-refractivity contribution in [1.29, 1.82) is 0 Å². The molecule has 1 aromatic heterocycles. The largest absolute Gasteiger partial charge is 1.00 e. The van der Waals surface area contributed by atoms with Gasteiger partial charge in [0.15, 0.2) is 9.84 Å². The van der Waals surface area contributed by atoms with E-state index in [4.69, 9.17) is 5.14 Å². The first-order chi connectivity index (χ1) is 27.6. The zero-order chi connectivity index (χ0) is 43.4. The van der Waals surface area contributed by atoms with Crippen molar-refractivity contribution in [3.05, 3.63) is 117 Å². The van der Waals surface area contributed by atoms with E-state index in [-0.39, 0.29) is 125 Å². The molecule has 61 heavy (non-hydrogen) atoms. The number of benzene rings is 5. The van der Waals surface area contributed by atoms with Gasteiger partial charge >= 0.3 is 29.6 Å². The van der Waals surface area contributed by atoms with E-state index in [0.29, 0.717) is 10.8 Å². The van der Waals surface area contributed by atoms with Crippen LogP contribution in [-0.4, -0.2) is 67.3 Å². The molecule has 21 nitrogen and oxygen atoms in total. The number of non-ortho nitro benzene ring substituents is 1. The fourth-order valence-corrected chi connectivity index (χ4v) is 7.19. The number of aromatic nitrogens is 2. The van der Waals surface area contributed by atoms with E-state index in [1.165, 1.54) is 68.4 Å². The van der Waals surface area contributed by atoms with Crippen molar-refractivity contribution in [2.24, 2.45) is 25.6 Å². The van der Waals surface area contributed by atoms with Crippen LogP contribution in [0.2, 0.25) is 0 Å². The van der Waals surface area contributed by atoms with Gasteiger partial charge in [0, 0.05) is 34.9 Å². The van der Waals surface area contributed by atoms with Crippen LogP contribution in [0.4, 0.5) is 34.1 Å². The number of rotatable bonds is 11. The van der Waals surface area contributed by atoms with E-state index in [2.05, 4.69) is 30.3 Å². The van der Waals surface area contributed by atoms with Crippen molar-refractivity contribution < 1.29 is 92.4 Å². The van der Waals surface area contributed by atoms with Gasteiger partial charge in [-0.3, -0.25) is 14.8 Å². The Labute approximate surface area is 380 Å². The van der Waals surface area contributed by atoms with Crippen molar-refractivity contribution in [3.63, 3.8) is 0 Å². The number of hydrogen-bond donors (Lipinski definition) is 5. The summed E-state index contributed by atoms with van der Waals surface area (Å²) in [4.78, 5) is 22.6. The van der Waals surface area contributed by atoms with Crippen LogP contribution in [0.1, 0.15) is 12.6 Å². The Bertz CT molecular complexity index is 3110. The first kappa shape index (κ1) is 49.9. The van der Waals surface area contributed by atoms with Crippen LogP contribution >= 0.6 is 0 Å². The molecule has 6 rings (SSSR count). The number of hydrogen-bond acceptors (Lipinski definition) is 17. The average molecular weight is 942 g/mol. The number of nitrogens with zero attached hydrogens (tertiary/aromatic N) is 7. The molecule has 0 bridgehead atoms. The van der Waals surface area contributed by atoms with Crippen molar-refractivity contribution in [2.75, 3.05) is 16.7 Å². The monoisotopic (exact) mass is 941 g/mol. The molecule has 0 saturated heterocycles. The van der Waals surface area contributed by atoms with Gasteiger partial charge in [0.1, 0.15) is 39.9 Å². The topological polar surface area (TPSA) is 329 Å². The summed E-state index contributed by atoms with van der Waals surface area (Å²) in [5.41, 5.74) is -1.06. The van der Waals surface area contributed by atoms with Gasteiger partial charge in [-0.15, -0.1) is 15.9 Å². The standard InChI is InChI=1S/C19H19N3O6S2.C16H13N6O6S.Cr.Na/c1-3-30(27,28)13-8-10-16(23)15(11-13)20-21-19-17(24)9-7-12-5-4-6-14(18(12)19)22-29(2,25)26;1-9-15(19-18-13-8-11(22(25)26)5-6-14(13)23)16(24)21(20-9)10-3-2-4-12(7-10)29(17,27)28;;/h4-11,22-24H,3H2,1-2H3;2-8,23H,1H3,(H2,17,27,28);;/q;-1;;+1. The number of azo groups is 2. The van der Waals surface area contributed by atoms with E-state index >= 15 is 0 Å². The van der Waals surface area contributed by atoms with Gasteiger partial charge in [-0.1, -0.05) is 43.8 Å². The summed E-state index contributed by atoms with van der Waals surface area (Å²) in [5.74, 6) is -1.06. The summed E-state index contributed by atoms with van der Waals surface area (Å²) in [7, 11) is -11.1. The van der Waals surface area contributed by atoms with Crippen LogP contribution < -0.4 is 45.0 Å². The number of primary sulfonamides is 1. The smallest absolute Gasteiger partial charge is 0.506 e. The van der Waals surface area contributed by atoms with Gasteiger partial charge in [0.2, 0.25) is 20.0 Å². The van der Waals surface area contributed by atoms with Crippen molar-refractivity contribution in [1.82, 2.24) is 9.78 Å². The van der Waals surface area contributed by atoms with Crippen LogP contribution in [0.5, 0.6) is 17.2 Å². The van der Waals surface area contributed by atoms with E-state index in [1.54, 1.807) is 18.2 Å². The molecule has 26 heteroatoms. The second kappa shape index (κ2) is 19.9. The minimum Gasteiger partial charge on any atom is -0.506 e. The van der Waals surface area contributed by atoms with E-state index < -0.39 is 40.4 Å². The van der Waals surface area contributed by atoms with Crippen molar-refractivity contribution >= 4 is 74.8 Å². The van der Waals surface area contributed by atoms with Crippen molar-refractivity contribution in [2.45, 2.75) is 23.6 Å². The molecule has 0 aliphatic heterocycles. The van der Waals surface area contributed by atoms with Crippen LogP contribution in [0, 0.1) is 17.0 Å². The number of phenols is 3. The Kier molecular flexibility index (Phi) is 16.3. The molecule has 314 valence electrons. The quantitative estimate of drug-likeness (QED) is 0.0411. The third-order valence-electron chi connectivity index (χ3n) is 8.04. The SMILES string of the molecule is CCS(=O)(=O)c1ccc(O)c(N=Nc2c(O)ccc3cccc(NS(C)(=O)=O)c23)c1.Cc1nn(-c2cccc(S(N)(=O)=O)c2)c(=O)[c-]1N=Nc1cc([N+](=O)[O-])ccc1O.[Cr].[Na+]. The minimum atomic E-state index is -3.98. The number of sulfonamides is 2. The number of nitrogens with one attached hydrogen (secondary N) is 1. The number of aromatic hydroxyl groups is 3. The molecule has 0 unspecified atom stereocenters. The molecule has 0 amide bonds. The molecule has 6 aromatic rings. The van der Waals surface area contributed by atoms with Gasteiger partial charge in [-0.25, -0.2) is 40.2 Å². The molecule has 0 aliphatic rings. The van der Waals surface area contributed by atoms with Gasteiger partial charge in [-0.05, 0) is 60.0 Å². The third kappa shape index (κ3) is 12.1. The van der Waals surface area contributed by atoms with Gasteiger partial charge < -0.3 is 25.2 Å². The number of nitrogens with two attached hydrogens (primary N) is 1. The molecule has 0 fully saturated rings. The Balaban J connectivity index is 0.000000315. The second-order valence-corrected chi connectivity index (χ2v) is 17.9. The number of fused-ring (bicyclic) bond motifs is 1. The first-order valence-electron chi connectivity index (χ1n) is 16.6. The molecule has 0 radical (unpaired) electrons. The van der Waals surface area contributed by atoms with Crippen LogP contribution in [0.15, 0.2) is 126 Å². The van der Waals surface area contributed by atoms with Gasteiger partial charge in [0.25, 0.3) is 5.69 Å². The van der Waals surface area contributed by atoms with Gasteiger partial charge in [-0.2, -0.15) is 5.11 Å². The molecule has 6 N–H and O–H groups in total. The van der Waals surface area contributed by atoms with Crippen LogP contribution in [0.3, 0.4) is 0 Å². The Hall–Kier alpha value is -5.49. The summed E-state index contributed by atoms with van der Waals surface area (Å²) in [6.07, 6.45) is 0.994. The summed E-state index contributed by atoms with van der Waals surface area (Å²) < 4.78 is 73.9. The maximum absolute atomic E-state index is 12.6. The number of phenolic OH excluding ortho intramolecular Hbond substituents is 3. The zero-order valence-electron chi connectivity index (χ0n) is 32.2. The number of nitro groups is 1. The number of sulfone groups is 1. The predicted molar refractivity (Wildman–Crippen MR) is 215 cm³/mol. The fourth-order valence-electron chi connectivity index (χ4n) is 5.17. The maximum atomic E-state index is 12.6. The molecular formula is C35H32CrN9NaO12S3. The molecule has 0 aliphatic carbocycles. The summed E-state index contributed by atoms with van der Waals surface area (Å²) in [6.45, 7) is 2.97. The Morgan fingerprint density at radius 3 is 2.08 bits per heavy atom. The van der Waals surface area contributed by atoms with Gasteiger partial charge in [0.05, 0.1) is 38.1 Å². The average Bonchev–Trinajstić information content (AvgIpc) is 3.45. The first-order valence-corrected chi connectivity index (χ1v) is 21.7. The molecule has 5 aromatic carbocycles. The van der Waals surface area contributed by atoms with Crippen molar-refractivity contribution in [3.8, 4) is 22.9 Å².